The third-order valence-electron chi connectivity index (χ3n) is 5.38. The van der Waals surface area contributed by atoms with Crippen LogP contribution in [0.1, 0.15) is 15.9 Å². The Hall–Kier alpha value is -4.59. The lowest BCUT2D eigenvalue weighted by molar-refractivity contribution is -0.120. The number of hydrogen-bond donors (Lipinski definition) is 2. The zero-order chi connectivity index (χ0) is 23.3. The molecular formula is C26H22N4O4. The van der Waals surface area contributed by atoms with Crippen LogP contribution in [0.25, 0.3) is 16.9 Å². The Balaban J connectivity index is 1.24. The molecule has 1 aliphatic heterocycles. The van der Waals surface area contributed by atoms with Crippen LogP contribution in [0.2, 0.25) is 0 Å². The van der Waals surface area contributed by atoms with Crippen molar-refractivity contribution in [1.29, 1.82) is 0 Å². The quantitative estimate of drug-likeness (QED) is 0.447. The number of benzene rings is 3. The molecule has 3 aromatic carbocycles. The molecule has 1 aromatic heterocycles. The maximum Gasteiger partial charge on any atom is 0.251 e. The second-order valence-electron chi connectivity index (χ2n) is 7.68. The number of fused-ring (bicyclic) bond motifs is 1. The second kappa shape index (κ2) is 9.50. The van der Waals surface area contributed by atoms with E-state index in [1.165, 1.54) is 0 Å². The van der Waals surface area contributed by atoms with Gasteiger partial charge in [0.05, 0.1) is 17.9 Å². The smallest absolute Gasteiger partial charge is 0.251 e. The van der Waals surface area contributed by atoms with Crippen LogP contribution in [0.5, 0.6) is 11.5 Å². The lowest BCUT2D eigenvalue weighted by Gasteiger charge is -2.08. The highest BCUT2D eigenvalue weighted by Crippen LogP contribution is 2.32. The minimum atomic E-state index is -0.365. The predicted molar refractivity (Wildman–Crippen MR) is 126 cm³/mol. The first-order valence-electron chi connectivity index (χ1n) is 10.8. The van der Waals surface area contributed by atoms with E-state index in [0.29, 0.717) is 17.1 Å². The number of ether oxygens (including phenoxy) is 2. The molecule has 1 aliphatic rings. The molecule has 0 radical (unpaired) electrons. The van der Waals surface area contributed by atoms with Crippen molar-refractivity contribution in [3.05, 3.63) is 96.2 Å². The SMILES string of the molecule is O=C(CNC(=O)c1ccc2c(c1)OCO2)NCc1cn(-c2ccccc2)nc1-c1ccccc1. The van der Waals surface area contributed by atoms with E-state index in [-0.39, 0.29) is 31.7 Å². The first-order chi connectivity index (χ1) is 16.7. The fraction of sp³-hybridized carbons (Fsp3) is 0.115. The highest BCUT2D eigenvalue weighted by atomic mass is 16.7. The first-order valence-corrected chi connectivity index (χ1v) is 10.8. The molecular weight excluding hydrogens is 432 g/mol. The molecule has 4 aromatic rings. The average molecular weight is 454 g/mol. The third kappa shape index (κ3) is 4.61. The molecule has 8 heteroatoms. The Bertz CT molecular complexity index is 1320. The Labute approximate surface area is 196 Å². The van der Waals surface area contributed by atoms with Crippen molar-refractivity contribution in [2.24, 2.45) is 0 Å². The summed E-state index contributed by atoms with van der Waals surface area (Å²) in [6.45, 7) is 0.255. The molecule has 0 aliphatic carbocycles. The van der Waals surface area contributed by atoms with Gasteiger partial charge >= 0.3 is 0 Å². The maximum atomic E-state index is 12.5. The minimum absolute atomic E-state index is 0.134. The Morgan fingerprint density at radius 1 is 0.882 bits per heavy atom. The molecule has 0 saturated carbocycles. The van der Waals surface area contributed by atoms with Crippen LogP contribution in [0.3, 0.4) is 0 Å². The fourth-order valence-electron chi connectivity index (χ4n) is 3.65. The fourth-order valence-corrected chi connectivity index (χ4v) is 3.65. The van der Waals surface area contributed by atoms with Gasteiger partial charge in [-0.05, 0) is 30.3 Å². The third-order valence-corrected chi connectivity index (χ3v) is 5.38. The van der Waals surface area contributed by atoms with E-state index >= 15 is 0 Å². The second-order valence-corrected chi connectivity index (χ2v) is 7.68. The summed E-state index contributed by atoms with van der Waals surface area (Å²) in [7, 11) is 0. The number of carbonyl (C=O) groups is 2. The number of hydrogen-bond acceptors (Lipinski definition) is 5. The van der Waals surface area contributed by atoms with E-state index in [1.54, 1.807) is 22.9 Å². The molecule has 0 saturated heterocycles. The predicted octanol–water partition coefficient (Wildman–Crippen LogP) is 3.31. The van der Waals surface area contributed by atoms with Crippen molar-refractivity contribution in [2.45, 2.75) is 6.54 Å². The molecule has 0 fully saturated rings. The highest BCUT2D eigenvalue weighted by Gasteiger charge is 2.17. The molecule has 2 N–H and O–H groups in total. The van der Waals surface area contributed by atoms with E-state index in [4.69, 9.17) is 14.6 Å². The first kappa shape index (κ1) is 21.3. The number of nitrogens with one attached hydrogen (secondary N) is 2. The van der Waals surface area contributed by atoms with Crippen molar-refractivity contribution in [2.75, 3.05) is 13.3 Å². The van der Waals surface area contributed by atoms with Crippen molar-refractivity contribution < 1.29 is 19.1 Å². The van der Waals surface area contributed by atoms with Gasteiger partial charge in [-0.3, -0.25) is 9.59 Å². The molecule has 0 unspecified atom stereocenters. The van der Waals surface area contributed by atoms with Gasteiger partial charge in [0, 0.05) is 29.4 Å². The van der Waals surface area contributed by atoms with Crippen molar-refractivity contribution in [3.63, 3.8) is 0 Å². The van der Waals surface area contributed by atoms with E-state index in [9.17, 15) is 9.59 Å². The van der Waals surface area contributed by atoms with Gasteiger partial charge in [0.15, 0.2) is 11.5 Å². The summed E-state index contributed by atoms with van der Waals surface area (Å²) in [6.07, 6.45) is 1.91. The number of rotatable bonds is 7. The Morgan fingerprint density at radius 3 is 2.41 bits per heavy atom. The minimum Gasteiger partial charge on any atom is -0.454 e. The molecule has 170 valence electrons. The molecule has 8 nitrogen and oxygen atoms in total. The lowest BCUT2D eigenvalue weighted by Crippen LogP contribution is -2.36. The summed E-state index contributed by atoms with van der Waals surface area (Å²) in [5.74, 6) is 0.441. The molecule has 0 spiro atoms. The number of nitrogens with zero attached hydrogens (tertiary/aromatic N) is 2. The monoisotopic (exact) mass is 454 g/mol. The van der Waals surface area contributed by atoms with Crippen LogP contribution in [-0.2, 0) is 11.3 Å². The lowest BCUT2D eigenvalue weighted by atomic mass is 10.1. The van der Waals surface area contributed by atoms with Crippen LogP contribution >= 0.6 is 0 Å². The number of amides is 2. The maximum absolute atomic E-state index is 12.5. The van der Waals surface area contributed by atoms with Crippen molar-refractivity contribution in [3.8, 4) is 28.4 Å². The normalized spacial score (nSPS) is 11.8. The van der Waals surface area contributed by atoms with Gasteiger partial charge < -0.3 is 20.1 Å². The van der Waals surface area contributed by atoms with E-state index in [1.807, 2.05) is 66.9 Å². The zero-order valence-corrected chi connectivity index (χ0v) is 18.2. The molecule has 2 amide bonds. The molecule has 0 bridgehead atoms. The largest absolute Gasteiger partial charge is 0.454 e. The van der Waals surface area contributed by atoms with Crippen molar-refractivity contribution in [1.82, 2.24) is 20.4 Å². The van der Waals surface area contributed by atoms with Gasteiger partial charge in [0.25, 0.3) is 5.91 Å². The summed E-state index contributed by atoms with van der Waals surface area (Å²) in [6, 6.07) is 24.5. The number of carbonyl (C=O) groups excluding carboxylic acids is 2. The Kier molecular flexibility index (Phi) is 5.94. The van der Waals surface area contributed by atoms with Gasteiger partial charge in [0.2, 0.25) is 12.7 Å². The van der Waals surface area contributed by atoms with E-state index in [0.717, 1.165) is 22.5 Å². The van der Waals surface area contributed by atoms with Crippen LogP contribution in [-0.4, -0.2) is 34.9 Å². The van der Waals surface area contributed by atoms with Gasteiger partial charge in [-0.15, -0.1) is 0 Å². The van der Waals surface area contributed by atoms with Crippen molar-refractivity contribution >= 4 is 11.8 Å². The van der Waals surface area contributed by atoms with Crippen LogP contribution < -0.4 is 20.1 Å². The summed E-state index contributed by atoms with van der Waals surface area (Å²) >= 11 is 0. The number of para-hydroxylation sites is 1. The summed E-state index contributed by atoms with van der Waals surface area (Å²) < 4.78 is 12.3. The summed E-state index contributed by atoms with van der Waals surface area (Å²) in [4.78, 5) is 24.9. The zero-order valence-electron chi connectivity index (χ0n) is 18.2. The van der Waals surface area contributed by atoms with Crippen LogP contribution in [0.4, 0.5) is 0 Å². The van der Waals surface area contributed by atoms with Gasteiger partial charge in [0.1, 0.15) is 0 Å². The summed E-state index contributed by atoms with van der Waals surface area (Å²) in [5, 5.41) is 10.3. The van der Waals surface area contributed by atoms with Crippen LogP contribution in [0.15, 0.2) is 85.1 Å². The highest BCUT2D eigenvalue weighted by molar-refractivity contribution is 5.97. The molecule has 34 heavy (non-hydrogen) atoms. The van der Waals surface area contributed by atoms with Gasteiger partial charge in [-0.25, -0.2) is 4.68 Å². The van der Waals surface area contributed by atoms with Gasteiger partial charge in [-0.2, -0.15) is 5.10 Å². The van der Waals surface area contributed by atoms with Crippen LogP contribution in [0, 0.1) is 0 Å². The number of aromatic nitrogens is 2. The van der Waals surface area contributed by atoms with E-state index in [2.05, 4.69) is 10.6 Å². The molecule has 5 rings (SSSR count). The summed E-state index contributed by atoms with van der Waals surface area (Å²) in [5.41, 5.74) is 3.93. The standard InChI is InChI=1S/C26H22N4O4/c31-24(15-28-26(32)19-11-12-22-23(13-19)34-17-33-22)27-14-20-16-30(21-9-5-2-6-10-21)29-25(20)18-7-3-1-4-8-18/h1-13,16H,14-15,17H2,(H,27,31)(H,28,32). The topological polar surface area (TPSA) is 94.5 Å². The molecule has 0 atom stereocenters. The van der Waals surface area contributed by atoms with E-state index < -0.39 is 0 Å². The Morgan fingerprint density at radius 2 is 1.62 bits per heavy atom. The average Bonchev–Trinajstić information content (AvgIpc) is 3.54. The molecule has 2 heterocycles. The van der Waals surface area contributed by atoms with Gasteiger partial charge in [-0.1, -0.05) is 48.5 Å².